The Morgan fingerprint density at radius 3 is 2.67 bits per heavy atom. The van der Waals surface area contributed by atoms with Gasteiger partial charge in [0.05, 0.1) is 31.0 Å². The molecule has 0 aromatic heterocycles. The molecule has 1 saturated carbocycles. The van der Waals surface area contributed by atoms with Crippen LogP contribution in [0.2, 0.25) is 0 Å². The topological polar surface area (TPSA) is 83.5 Å². The van der Waals surface area contributed by atoms with Gasteiger partial charge in [0.25, 0.3) is 0 Å². The van der Waals surface area contributed by atoms with Gasteiger partial charge in [-0.05, 0) is 30.5 Å². The van der Waals surface area contributed by atoms with Crippen molar-refractivity contribution in [1.29, 1.82) is 0 Å². The third-order valence-electron chi connectivity index (χ3n) is 6.10. The van der Waals surface area contributed by atoms with Gasteiger partial charge in [0.2, 0.25) is 0 Å². The van der Waals surface area contributed by atoms with E-state index in [-0.39, 0.29) is 30.0 Å². The average molecular weight is 415 g/mol. The molecule has 3 heterocycles. The highest BCUT2D eigenvalue weighted by Gasteiger charge is 2.42. The fourth-order valence-corrected chi connectivity index (χ4v) is 4.45. The second-order valence-electron chi connectivity index (χ2n) is 7.95. The lowest BCUT2D eigenvalue weighted by molar-refractivity contribution is -0.126. The molecule has 160 valence electrons. The maximum atomic E-state index is 13.2. The van der Waals surface area contributed by atoms with Crippen LogP contribution in [0.15, 0.2) is 24.5 Å². The molecule has 3 aliphatic heterocycles. The van der Waals surface area contributed by atoms with E-state index in [1.165, 1.54) is 0 Å². The van der Waals surface area contributed by atoms with Crippen molar-refractivity contribution < 1.29 is 33.3 Å². The van der Waals surface area contributed by atoms with Crippen LogP contribution in [0, 0.1) is 5.92 Å². The van der Waals surface area contributed by atoms with E-state index in [1.54, 1.807) is 11.2 Å². The van der Waals surface area contributed by atoms with Crippen LogP contribution >= 0.6 is 0 Å². The largest absolute Gasteiger partial charge is 0.496 e. The number of ketones is 1. The Morgan fingerprint density at radius 2 is 1.83 bits per heavy atom. The summed E-state index contributed by atoms with van der Waals surface area (Å²) in [5.41, 5.74) is 1.32. The molecule has 1 aromatic rings. The maximum absolute atomic E-state index is 13.2. The number of ether oxygens (including phenoxy) is 5. The Hall–Kier alpha value is -2.74. The van der Waals surface area contributed by atoms with E-state index in [4.69, 9.17) is 23.7 Å². The highest BCUT2D eigenvalue weighted by atomic mass is 16.6. The molecular weight excluding hydrogens is 390 g/mol. The van der Waals surface area contributed by atoms with E-state index in [0.29, 0.717) is 75.9 Å². The van der Waals surface area contributed by atoms with Crippen molar-refractivity contribution in [2.24, 2.45) is 5.92 Å². The van der Waals surface area contributed by atoms with Gasteiger partial charge in [0, 0.05) is 19.5 Å². The zero-order valence-corrected chi connectivity index (χ0v) is 16.7. The highest BCUT2D eigenvalue weighted by molar-refractivity contribution is 6.22. The third-order valence-corrected chi connectivity index (χ3v) is 6.10. The van der Waals surface area contributed by atoms with Crippen LogP contribution in [0.25, 0.3) is 5.57 Å². The van der Waals surface area contributed by atoms with Crippen molar-refractivity contribution in [3.8, 4) is 11.5 Å². The molecule has 4 aliphatic rings. The second-order valence-corrected chi connectivity index (χ2v) is 7.95. The lowest BCUT2D eigenvalue weighted by atomic mass is 9.78. The molecule has 1 aliphatic carbocycles. The normalized spacial score (nSPS) is 28.1. The first-order valence-corrected chi connectivity index (χ1v) is 10.5. The summed E-state index contributed by atoms with van der Waals surface area (Å²) in [6, 6.07) is 5.51. The second kappa shape index (κ2) is 8.18. The molecule has 0 bridgehead atoms. The van der Waals surface area contributed by atoms with E-state index in [9.17, 15) is 9.59 Å². The molecule has 30 heavy (non-hydrogen) atoms. The van der Waals surface area contributed by atoms with Crippen molar-refractivity contribution in [3.63, 3.8) is 0 Å². The SMILES string of the molecule is O=C1C(c2ccc3c(c2)OCCO3)=COC2CC(OC(=O)N3CCOCC3)CCC12. The molecule has 3 atom stereocenters. The molecule has 0 radical (unpaired) electrons. The standard InChI is InChI=1S/C22H25NO7/c24-21-16-3-2-15(30-22(25)23-5-7-26-8-6-23)12-19(16)29-13-17(21)14-1-4-18-20(11-14)28-10-9-27-18/h1,4,11,13,15-16,19H,2-3,5-10,12H2. The van der Waals surface area contributed by atoms with Gasteiger partial charge in [-0.2, -0.15) is 0 Å². The summed E-state index contributed by atoms with van der Waals surface area (Å²) < 4.78 is 28.1. The molecule has 5 rings (SSSR count). The van der Waals surface area contributed by atoms with E-state index < -0.39 is 0 Å². The van der Waals surface area contributed by atoms with Crippen LogP contribution in [-0.4, -0.2) is 68.5 Å². The van der Waals surface area contributed by atoms with Gasteiger partial charge in [-0.3, -0.25) is 4.79 Å². The van der Waals surface area contributed by atoms with Gasteiger partial charge in [0.15, 0.2) is 17.3 Å². The lowest BCUT2D eigenvalue weighted by Gasteiger charge is -2.38. The molecule has 1 aromatic carbocycles. The number of allylic oxidation sites excluding steroid dienone is 1. The summed E-state index contributed by atoms with van der Waals surface area (Å²) in [7, 11) is 0. The van der Waals surface area contributed by atoms with E-state index in [2.05, 4.69) is 0 Å². The van der Waals surface area contributed by atoms with Gasteiger partial charge in [0.1, 0.15) is 25.4 Å². The first-order valence-electron chi connectivity index (χ1n) is 10.5. The molecule has 3 unspecified atom stereocenters. The number of Topliss-reactive ketones (excluding diaryl/α,β-unsaturated/α-hetero) is 1. The van der Waals surface area contributed by atoms with Crippen LogP contribution in [0.3, 0.4) is 0 Å². The fourth-order valence-electron chi connectivity index (χ4n) is 4.45. The molecule has 0 N–H and O–H groups in total. The summed E-state index contributed by atoms with van der Waals surface area (Å²) in [6.07, 6.45) is 2.54. The average Bonchev–Trinajstić information content (AvgIpc) is 2.79. The smallest absolute Gasteiger partial charge is 0.410 e. The van der Waals surface area contributed by atoms with Gasteiger partial charge < -0.3 is 28.6 Å². The minimum Gasteiger partial charge on any atom is -0.496 e. The van der Waals surface area contributed by atoms with Crippen molar-refractivity contribution in [3.05, 3.63) is 30.0 Å². The van der Waals surface area contributed by atoms with Crippen molar-refractivity contribution in [1.82, 2.24) is 4.90 Å². The summed E-state index contributed by atoms with van der Waals surface area (Å²) >= 11 is 0. The number of nitrogens with zero attached hydrogens (tertiary/aromatic N) is 1. The molecule has 0 spiro atoms. The predicted octanol–water partition coefficient (Wildman–Crippen LogP) is 2.40. The van der Waals surface area contributed by atoms with Gasteiger partial charge >= 0.3 is 6.09 Å². The first kappa shape index (κ1) is 19.2. The third kappa shape index (κ3) is 3.71. The summed E-state index contributed by atoms with van der Waals surface area (Å²) in [5.74, 6) is 1.18. The van der Waals surface area contributed by atoms with E-state index >= 15 is 0 Å². The quantitative estimate of drug-likeness (QED) is 0.733. The monoisotopic (exact) mass is 415 g/mol. The van der Waals surface area contributed by atoms with Crippen LogP contribution in [0.4, 0.5) is 4.79 Å². The number of carbonyl (C=O) groups is 2. The summed E-state index contributed by atoms with van der Waals surface area (Å²) in [4.78, 5) is 27.2. The molecule has 8 nitrogen and oxygen atoms in total. The Bertz CT molecular complexity index is 861. The number of morpholine rings is 1. The Morgan fingerprint density at radius 1 is 1.03 bits per heavy atom. The maximum Gasteiger partial charge on any atom is 0.410 e. The van der Waals surface area contributed by atoms with Gasteiger partial charge in [-0.1, -0.05) is 6.07 Å². The van der Waals surface area contributed by atoms with Crippen LogP contribution < -0.4 is 9.47 Å². The highest BCUT2D eigenvalue weighted by Crippen LogP contribution is 2.39. The van der Waals surface area contributed by atoms with Crippen molar-refractivity contribution in [2.45, 2.75) is 31.5 Å². The minimum absolute atomic E-state index is 0.0703. The number of benzene rings is 1. The zero-order valence-electron chi connectivity index (χ0n) is 16.7. The van der Waals surface area contributed by atoms with E-state index in [0.717, 1.165) is 5.56 Å². The van der Waals surface area contributed by atoms with Gasteiger partial charge in [-0.15, -0.1) is 0 Å². The number of rotatable bonds is 2. The zero-order chi connectivity index (χ0) is 20.5. The number of hydrogen-bond donors (Lipinski definition) is 0. The summed E-state index contributed by atoms with van der Waals surface area (Å²) in [6.45, 7) is 3.20. The molecule has 1 saturated heterocycles. The number of amides is 1. The molecule has 1 amide bonds. The van der Waals surface area contributed by atoms with Crippen molar-refractivity contribution in [2.75, 3.05) is 39.5 Å². The molecule has 8 heteroatoms. The fraction of sp³-hybridized carbons (Fsp3) is 0.545. The van der Waals surface area contributed by atoms with Crippen LogP contribution in [0.5, 0.6) is 11.5 Å². The van der Waals surface area contributed by atoms with E-state index in [1.807, 2.05) is 18.2 Å². The minimum atomic E-state index is -0.309. The number of fused-ring (bicyclic) bond motifs is 2. The Kier molecular flexibility index (Phi) is 5.25. The van der Waals surface area contributed by atoms with Gasteiger partial charge in [-0.25, -0.2) is 4.79 Å². The Balaban J connectivity index is 1.25. The molecular formula is C22H25NO7. The first-order chi connectivity index (χ1) is 14.7. The van der Waals surface area contributed by atoms with Crippen LogP contribution in [-0.2, 0) is 19.0 Å². The lowest BCUT2D eigenvalue weighted by Crippen LogP contribution is -2.45. The number of carbonyl (C=O) groups excluding carboxylic acids is 2. The Labute approximate surface area is 174 Å². The summed E-state index contributed by atoms with van der Waals surface area (Å²) in [5, 5.41) is 0. The number of hydrogen-bond acceptors (Lipinski definition) is 7. The molecule has 2 fully saturated rings. The predicted molar refractivity (Wildman–Crippen MR) is 105 cm³/mol. The van der Waals surface area contributed by atoms with Crippen LogP contribution in [0.1, 0.15) is 24.8 Å². The van der Waals surface area contributed by atoms with Crippen molar-refractivity contribution >= 4 is 17.4 Å².